The summed E-state index contributed by atoms with van der Waals surface area (Å²) >= 11 is 0. The first kappa shape index (κ1) is 6.74. The van der Waals surface area contributed by atoms with E-state index in [0.717, 1.165) is 5.69 Å². The summed E-state index contributed by atoms with van der Waals surface area (Å²) in [5.41, 5.74) is 1.22. The lowest BCUT2D eigenvalue weighted by atomic mass is 10.3. The Labute approximate surface area is 58.8 Å². The smallest absolute Gasteiger partial charge is 0.179 e. The molecule has 1 aromatic rings. The van der Waals surface area contributed by atoms with Crippen LogP contribution in [-0.2, 0) is 0 Å². The van der Waals surface area contributed by atoms with Crippen molar-refractivity contribution in [3.8, 4) is 0 Å². The molecular weight excluding hydrogens is 128 g/mol. The zero-order valence-electron chi connectivity index (χ0n) is 5.72. The number of nitrogens with one attached hydrogen (secondary N) is 1. The Hall–Kier alpha value is -1.38. The van der Waals surface area contributed by atoms with Crippen molar-refractivity contribution in [3.63, 3.8) is 0 Å². The second-order valence-electron chi connectivity index (χ2n) is 1.97. The minimum Gasteiger partial charge on any atom is -0.293 e. The monoisotopic (exact) mass is 136 g/mol. The van der Waals surface area contributed by atoms with Crippen molar-refractivity contribution in [2.45, 2.75) is 6.92 Å². The van der Waals surface area contributed by atoms with Crippen LogP contribution in [0, 0.1) is 0 Å². The first-order valence-electron chi connectivity index (χ1n) is 2.93. The van der Waals surface area contributed by atoms with Crippen LogP contribution in [0.2, 0.25) is 0 Å². The van der Waals surface area contributed by atoms with E-state index in [4.69, 9.17) is 0 Å². The Morgan fingerprint density at radius 3 is 2.90 bits per heavy atom. The molecule has 0 saturated heterocycles. The lowest BCUT2D eigenvalue weighted by Gasteiger charge is -1.78. The Bertz CT molecular complexity index is 262. The van der Waals surface area contributed by atoms with Crippen LogP contribution in [0.25, 0.3) is 6.08 Å². The van der Waals surface area contributed by atoms with Crippen molar-refractivity contribution >= 4 is 11.9 Å². The van der Waals surface area contributed by atoms with E-state index in [1.165, 1.54) is 6.92 Å². The third-order valence-corrected chi connectivity index (χ3v) is 1.18. The minimum atomic E-state index is -0.0376. The number of Topliss-reactive ketones (excluding diaryl/α,β-unsaturated/α-hetero) is 1. The normalized spacial score (nSPS) is 9.30. The molecule has 1 N–H and O–H groups in total. The maximum Gasteiger partial charge on any atom is 0.179 e. The second-order valence-corrected chi connectivity index (χ2v) is 1.97. The van der Waals surface area contributed by atoms with E-state index in [0.29, 0.717) is 5.69 Å². The number of carbonyl (C=O) groups is 1. The molecule has 0 aliphatic carbocycles. The fourth-order valence-corrected chi connectivity index (χ4v) is 0.622. The summed E-state index contributed by atoms with van der Waals surface area (Å²) in [7, 11) is 0. The Morgan fingerprint density at radius 2 is 2.60 bits per heavy atom. The van der Waals surface area contributed by atoms with Crippen molar-refractivity contribution in [2.24, 2.45) is 0 Å². The molecule has 0 bridgehead atoms. The molecule has 52 valence electrons. The Kier molecular flexibility index (Phi) is 1.67. The van der Waals surface area contributed by atoms with Crippen LogP contribution < -0.4 is 0 Å². The number of aromatic amines is 1. The van der Waals surface area contributed by atoms with Crippen LogP contribution in [0.4, 0.5) is 0 Å². The SMILES string of the molecule is C=Cc1cc(C(C)=O)n[nH]1. The van der Waals surface area contributed by atoms with Gasteiger partial charge in [-0.2, -0.15) is 5.10 Å². The van der Waals surface area contributed by atoms with Gasteiger partial charge in [-0.25, -0.2) is 0 Å². The van der Waals surface area contributed by atoms with Gasteiger partial charge in [0.2, 0.25) is 0 Å². The number of hydrogen-bond acceptors (Lipinski definition) is 2. The highest BCUT2D eigenvalue weighted by molar-refractivity contribution is 5.92. The molecule has 0 fully saturated rings. The molecule has 0 atom stereocenters. The molecule has 10 heavy (non-hydrogen) atoms. The summed E-state index contributed by atoms with van der Waals surface area (Å²) in [6, 6.07) is 1.66. The molecule has 0 unspecified atom stereocenters. The molecular formula is C7H8N2O. The summed E-state index contributed by atoms with van der Waals surface area (Å²) in [5, 5.41) is 6.39. The average molecular weight is 136 g/mol. The molecule has 0 spiro atoms. The number of rotatable bonds is 2. The summed E-state index contributed by atoms with van der Waals surface area (Å²) in [5.74, 6) is -0.0376. The highest BCUT2D eigenvalue weighted by Crippen LogP contribution is 2.00. The maximum atomic E-state index is 10.7. The van der Waals surface area contributed by atoms with E-state index in [-0.39, 0.29) is 5.78 Å². The first-order chi connectivity index (χ1) is 4.74. The van der Waals surface area contributed by atoms with Crippen LogP contribution in [0.1, 0.15) is 23.1 Å². The second kappa shape index (κ2) is 2.47. The van der Waals surface area contributed by atoms with E-state index >= 15 is 0 Å². The van der Waals surface area contributed by atoms with Crippen LogP contribution in [0.5, 0.6) is 0 Å². The van der Waals surface area contributed by atoms with Crippen molar-refractivity contribution in [1.29, 1.82) is 0 Å². The number of carbonyl (C=O) groups excluding carboxylic acids is 1. The van der Waals surface area contributed by atoms with Crippen LogP contribution in [0.3, 0.4) is 0 Å². The number of aromatic nitrogens is 2. The van der Waals surface area contributed by atoms with E-state index in [2.05, 4.69) is 16.8 Å². The lowest BCUT2D eigenvalue weighted by molar-refractivity contribution is 0.101. The maximum absolute atomic E-state index is 10.7. The van der Waals surface area contributed by atoms with Gasteiger partial charge in [0.25, 0.3) is 0 Å². The predicted octanol–water partition coefficient (Wildman–Crippen LogP) is 1.26. The van der Waals surface area contributed by atoms with Gasteiger partial charge in [-0.15, -0.1) is 0 Å². The third-order valence-electron chi connectivity index (χ3n) is 1.18. The van der Waals surface area contributed by atoms with Gasteiger partial charge in [0.05, 0.1) is 5.69 Å². The van der Waals surface area contributed by atoms with Crippen molar-refractivity contribution in [3.05, 3.63) is 24.0 Å². The van der Waals surface area contributed by atoms with Gasteiger partial charge in [0.1, 0.15) is 5.69 Å². The third kappa shape index (κ3) is 1.13. The molecule has 0 saturated carbocycles. The molecule has 3 heteroatoms. The Morgan fingerprint density at radius 1 is 1.90 bits per heavy atom. The molecule has 3 nitrogen and oxygen atoms in total. The number of nitrogens with zero attached hydrogens (tertiary/aromatic N) is 1. The predicted molar refractivity (Wildman–Crippen MR) is 38.7 cm³/mol. The van der Waals surface area contributed by atoms with Gasteiger partial charge in [0, 0.05) is 6.92 Å². The summed E-state index contributed by atoms with van der Waals surface area (Å²) in [6.07, 6.45) is 1.61. The van der Waals surface area contributed by atoms with Crippen LogP contribution in [0.15, 0.2) is 12.6 Å². The van der Waals surface area contributed by atoms with E-state index in [1.54, 1.807) is 12.1 Å². The fourth-order valence-electron chi connectivity index (χ4n) is 0.622. The Balaban J connectivity index is 2.98. The first-order valence-corrected chi connectivity index (χ1v) is 2.93. The molecule has 0 aromatic carbocycles. The van der Waals surface area contributed by atoms with Crippen LogP contribution >= 0.6 is 0 Å². The molecule has 0 amide bonds. The number of ketones is 1. The topological polar surface area (TPSA) is 45.8 Å². The summed E-state index contributed by atoms with van der Waals surface area (Å²) in [6.45, 7) is 5.00. The van der Waals surface area contributed by atoms with E-state index < -0.39 is 0 Å². The largest absolute Gasteiger partial charge is 0.293 e. The highest BCUT2D eigenvalue weighted by Gasteiger charge is 2.01. The number of H-pyrrole nitrogens is 1. The summed E-state index contributed by atoms with van der Waals surface area (Å²) < 4.78 is 0. The average Bonchev–Trinajstić information content (AvgIpc) is 2.34. The number of hydrogen-bond donors (Lipinski definition) is 1. The van der Waals surface area contributed by atoms with Crippen molar-refractivity contribution in [1.82, 2.24) is 10.2 Å². The van der Waals surface area contributed by atoms with Crippen molar-refractivity contribution < 1.29 is 4.79 Å². The minimum absolute atomic E-state index is 0.0376. The highest BCUT2D eigenvalue weighted by atomic mass is 16.1. The van der Waals surface area contributed by atoms with Gasteiger partial charge in [-0.05, 0) is 12.1 Å². The quantitative estimate of drug-likeness (QED) is 0.622. The molecule has 0 radical (unpaired) electrons. The van der Waals surface area contributed by atoms with E-state index in [1.807, 2.05) is 0 Å². The molecule has 1 heterocycles. The van der Waals surface area contributed by atoms with Crippen molar-refractivity contribution in [2.75, 3.05) is 0 Å². The molecule has 0 aliphatic rings. The molecule has 1 rings (SSSR count). The van der Waals surface area contributed by atoms with Gasteiger partial charge >= 0.3 is 0 Å². The fraction of sp³-hybridized carbons (Fsp3) is 0.143. The zero-order valence-corrected chi connectivity index (χ0v) is 5.72. The summed E-state index contributed by atoms with van der Waals surface area (Å²) in [4.78, 5) is 10.7. The van der Waals surface area contributed by atoms with Crippen LogP contribution in [-0.4, -0.2) is 16.0 Å². The van der Waals surface area contributed by atoms with Gasteiger partial charge in [0.15, 0.2) is 5.78 Å². The molecule has 0 aliphatic heterocycles. The van der Waals surface area contributed by atoms with Gasteiger partial charge in [-0.1, -0.05) is 6.58 Å². The van der Waals surface area contributed by atoms with Gasteiger partial charge < -0.3 is 0 Å². The standard InChI is InChI=1S/C7H8N2O/c1-3-6-4-7(5(2)10)9-8-6/h3-4H,1H2,2H3,(H,8,9). The van der Waals surface area contributed by atoms with Gasteiger partial charge in [-0.3, -0.25) is 9.89 Å². The zero-order chi connectivity index (χ0) is 7.56. The lowest BCUT2D eigenvalue weighted by Crippen LogP contribution is -1.90. The molecule has 1 aromatic heterocycles. The van der Waals surface area contributed by atoms with E-state index in [9.17, 15) is 4.79 Å².